The van der Waals surface area contributed by atoms with Crippen molar-refractivity contribution in [1.82, 2.24) is 15.0 Å². The second kappa shape index (κ2) is 4.75. The van der Waals surface area contributed by atoms with E-state index >= 15 is 0 Å². The van der Waals surface area contributed by atoms with Gasteiger partial charge in [0.1, 0.15) is 5.82 Å². The maximum Gasteiger partial charge on any atom is 0.169 e. The van der Waals surface area contributed by atoms with E-state index in [1.807, 2.05) is 0 Å². The molecule has 0 saturated carbocycles. The predicted octanol–water partition coefficient (Wildman–Crippen LogP) is 2.14. The van der Waals surface area contributed by atoms with Gasteiger partial charge in [0.2, 0.25) is 0 Å². The van der Waals surface area contributed by atoms with Crippen LogP contribution in [0.1, 0.15) is 16.1 Å². The molecule has 2 aromatic rings. The Labute approximate surface area is 106 Å². The van der Waals surface area contributed by atoms with E-state index in [0.29, 0.717) is 15.7 Å². The molecule has 1 aromatic heterocycles. The summed E-state index contributed by atoms with van der Waals surface area (Å²) in [6, 6.07) is 4.30. The number of Topliss-reactive ketones (excluding diaryl/α,β-unsaturated/α-hetero) is 1. The molecule has 6 heteroatoms. The van der Waals surface area contributed by atoms with E-state index in [-0.39, 0.29) is 12.2 Å². The lowest BCUT2D eigenvalue weighted by atomic mass is 10.1. The first-order chi connectivity index (χ1) is 8.06. The Bertz CT molecular complexity index is 568. The molecule has 0 atom stereocenters. The fraction of sp³-hybridized carbons (Fsp3) is 0.182. The van der Waals surface area contributed by atoms with Crippen molar-refractivity contribution < 1.29 is 9.18 Å². The summed E-state index contributed by atoms with van der Waals surface area (Å²) in [5.74, 6) is -0.633. The number of rotatable bonds is 3. The van der Waals surface area contributed by atoms with Gasteiger partial charge in [-0.2, -0.15) is 0 Å². The van der Waals surface area contributed by atoms with Gasteiger partial charge in [-0.05, 0) is 28.1 Å². The van der Waals surface area contributed by atoms with Crippen molar-refractivity contribution in [3.05, 3.63) is 45.9 Å². The van der Waals surface area contributed by atoms with Gasteiger partial charge in [0.25, 0.3) is 0 Å². The van der Waals surface area contributed by atoms with Gasteiger partial charge in [-0.1, -0.05) is 11.3 Å². The van der Waals surface area contributed by atoms with Crippen molar-refractivity contribution in [2.75, 3.05) is 0 Å². The summed E-state index contributed by atoms with van der Waals surface area (Å²) >= 11 is 3.04. The summed E-state index contributed by atoms with van der Waals surface area (Å²) in [6.45, 7) is 0. The van der Waals surface area contributed by atoms with Crippen LogP contribution < -0.4 is 0 Å². The largest absolute Gasteiger partial charge is 0.294 e. The molecule has 0 amide bonds. The van der Waals surface area contributed by atoms with Crippen molar-refractivity contribution in [2.45, 2.75) is 6.42 Å². The standard InChI is InChI=1S/C11H9BrFN3O/c1-16-6-8(14-15-16)5-11(17)7-2-3-9(12)10(13)4-7/h2-4,6H,5H2,1H3. The lowest BCUT2D eigenvalue weighted by molar-refractivity contribution is 0.0991. The van der Waals surface area contributed by atoms with Crippen LogP contribution in [0.15, 0.2) is 28.9 Å². The van der Waals surface area contributed by atoms with Gasteiger partial charge in [0.05, 0.1) is 16.6 Å². The number of ketones is 1. The Morgan fingerprint density at radius 2 is 2.29 bits per heavy atom. The minimum Gasteiger partial charge on any atom is -0.294 e. The van der Waals surface area contributed by atoms with Crippen molar-refractivity contribution in [3.8, 4) is 0 Å². The third-order valence-corrected chi connectivity index (χ3v) is 2.88. The Balaban J connectivity index is 2.17. The third kappa shape index (κ3) is 2.76. The van der Waals surface area contributed by atoms with E-state index < -0.39 is 5.82 Å². The topological polar surface area (TPSA) is 47.8 Å². The highest BCUT2D eigenvalue weighted by Crippen LogP contribution is 2.17. The van der Waals surface area contributed by atoms with Crippen molar-refractivity contribution in [2.24, 2.45) is 7.05 Å². The predicted molar refractivity (Wildman–Crippen MR) is 63.1 cm³/mol. The molecule has 4 nitrogen and oxygen atoms in total. The summed E-state index contributed by atoms with van der Waals surface area (Å²) in [5, 5.41) is 7.54. The molecule has 1 aromatic carbocycles. The van der Waals surface area contributed by atoms with Gasteiger partial charge in [0, 0.05) is 18.8 Å². The number of nitrogens with zero attached hydrogens (tertiary/aromatic N) is 3. The number of carbonyl (C=O) groups excluding carboxylic acids is 1. The van der Waals surface area contributed by atoms with Crippen molar-refractivity contribution in [1.29, 1.82) is 0 Å². The molecule has 17 heavy (non-hydrogen) atoms. The molecule has 0 aliphatic heterocycles. The molecule has 1 heterocycles. The lowest BCUT2D eigenvalue weighted by Gasteiger charge is -2.00. The maximum atomic E-state index is 13.3. The fourth-order valence-electron chi connectivity index (χ4n) is 1.41. The molecule has 0 saturated heterocycles. The van der Waals surface area contributed by atoms with Crippen LogP contribution in [-0.4, -0.2) is 20.8 Å². The van der Waals surface area contributed by atoms with Gasteiger partial charge < -0.3 is 0 Å². The van der Waals surface area contributed by atoms with Crippen LogP contribution in [0.3, 0.4) is 0 Å². The molecule has 0 aliphatic carbocycles. The number of aryl methyl sites for hydroxylation is 1. The Morgan fingerprint density at radius 1 is 1.53 bits per heavy atom. The summed E-state index contributed by atoms with van der Waals surface area (Å²) in [7, 11) is 1.72. The zero-order valence-corrected chi connectivity index (χ0v) is 10.6. The van der Waals surface area contributed by atoms with Gasteiger partial charge >= 0.3 is 0 Å². The first-order valence-electron chi connectivity index (χ1n) is 4.89. The average molecular weight is 298 g/mol. The summed E-state index contributed by atoms with van der Waals surface area (Å²) in [6.07, 6.45) is 1.78. The molecule has 2 rings (SSSR count). The van der Waals surface area contributed by atoms with Gasteiger partial charge in [-0.3, -0.25) is 9.48 Å². The zero-order chi connectivity index (χ0) is 12.4. The number of carbonyl (C=O) groups is 1. The molecule has 0 aliphatic rings. The van der Waals surface area contributed by atoms with Crippen LogP contribution in [0.4, 0.5) is 4.39 Å². The highest BCUT2D eigenvalue weighted by Gasteiger charge is 2.11. The van der Waals surface area contributed by atoms with Crippen LogP contribution >= 0.6 is 15.9 Å². The second-order valence-corrected chi connectivity index (χ2v) is 4.47. The third-order valence-electron chi connectivity index (χ3n) is 2.23. The molecule has 0 fully saturated rings. The normalized spacial score (nSPS) is 10.5. The molecule has 88 valence electrons. The van der Waals surface area contributed by atoms with E-state index in [2.05, 4.69) is 26.2 Å². The van der Waals surface area contributed by atoms with Crippen molar-refractivity contribution in [3.63, 3.8) is 0 Å². The van der Waals surface area contributed by atoms with E-state index in [1.54, 1.807) is 19.3 Å². The van der Waals surface area contributed by atoms with E-state index in [4.69, 9.17) is 0 Å². The Morgan fingerprint density at radius 3 is 2.88 bits per heavy atom. The summed E-state index contributed by atoms with van der Waals surface area (Å²) < 4.78 is 15.1. The zero-order valence-electron chi connectivity index (χ0n) is 9.02. The molecule has 0 spiro atoms. The fourth-order valence-corrected chi connectivity index (χ4v) is 1.66. The SMILES string of the molecule is Cn1cc(CC(=O)c2ccc(Br)c(F)c2)nn1. The van der Waals surface area contributed by atoms with Crippen LogP contribution in [0, 0.1) is 5.82 Å². The Kier molecular flexibility index (Phi) is 3.33. The minimum absolute atomic E-state index is 0.120. The molecule has 0 bridgehead atoms. The van der Waals surface area contributed by atoms with Crippen molar-refractivity contribution >= 4 is 21.7 Å². The molecule has 0 unspecified atom stereocenters. The van der Waals surface area contributed by atoms with Gasteiger partial charge in [-0.15, -0.1) is 5.10 Å². The van der Waals surface area contributed by atoms with Crippen LogP contribution in [0.2, 0.25) is 0 Å². The van der Waals surface area contributed by atoms with E-state index in [9.17, 15) is 9.18 Å². The highest BCUT2D eigenvalue weighted by molar-refractivity contribution is 9.10. The van der Waals surface area contributed by atoms with Gasteiger partial charge in [-0.25, -0.2) is 4.39 Å². The molecular formula is C11H9BrFN3O. The number of benzene rings is 1. The molecule has 0 N–H and O–H groups in total. The smallest absolute Gasteiger partial charge is 0.169 e. The lowest BCUT2D eigenvalue weighted by Crippen LogP contribution is -2.04. The number of hydrogen-bond acceptors (Lipinski definition) is 3. The molecular weight excluding hydrogens is 289 g/mol. The number of hydrogen-bond donors (Lipinski definition) is 0. The van der Waals surface area contributed by atoms with E-state index in [0.717, 1.165) is 0 Å². The first-order valence-corrected chi connectivity index (χ1v) is 5.69. The quantitative estimate of drug-likeness (QED) is 0.816. The van der Waals surface area contributed by atoms with Crippen LogP contribution in [-0.2, 0) is 13.5 Å². The monoisotopic (exact) mass is 297 g/mol. The summed E-state index contributed by atoms with van der Waals surface area (Å²) in [4.78, 5) is 11.8. The second-order valence-electron chi connectivity index (χ2n) is 3.61. The van der Waals surface area contributed by atoms with Crippen LogP contribution in [0.5, 0.6) is 0 Å². The molecule has 0 radical (unpaired) electrons. The minimum atomic E-state index is -0.449. The van der Waals surface area contributed by atoms with E-state index in [1.165, 1.54) is 16.8 Å². The Hall–Kier alpha value is -1.56. The number of aromatic nitrogens is 3. The average Bonchev–Trinajstić information content (AvgIpc) is 2.68. The summed E-state index contributed by atoms with van der Waals surface area (Å²) in [5.41, 5.74) is 0.900. The van der Waals surface area contributed by atoms with Gasteiger partial charge in [0.15, 0.2) is 5.78 Å². The highest BCUT2D eigenvalue weighted by atomic mass is 79.9. The van der Waals surface area contributed by atoms with Crippen LogP contribution in [0.25, 0.3) is 0 Å². The maximum absolute atomic E-state index is 13.3. The number of halogens is 2. The first kappa shape index (κ1) is 11.9.